The summed E-state index contributed by atoms with van der Waals surface area (Å²) in [5.74, 6) is -0.811. The van der Waals surface area contributed by atoms with Gasteiger partial charge in [-0.1, -0.05) is 6.07 Å². The molecule has 0 saturated carbocycles. The highest BCUT2D eigenvalue weighted by Gasteiger charge is 2.17. The SMILES string of the molecule is CN(C)CCN1CCN(Cc2ccc(O)c(F)c2)CC1. The Bertz CT molecular complexity index is 431. The van der Waals surface area contributed by atoms with Gasteiger partial charge in [0.25, 0.3) is 0 Å². The molecule has 1 aliphatic heterocycles. The maximum atomic E-state index is 13.3. The predicted octanol–water partition coefficient (Wildman–Crippen LogP) is 1.21. The van der Waals surface area contributed by atoms with Crippen molar-refractivity contribution in [2.45, 2.75) is 6.54 Å². The first-order valence-corrected chi connectivity index (χ1v) is 7.11. The van der Waals surface area contributed by atoms with Crippen LogP contribution in [-0.2, 0) is 6.54 Å². The summed E-state index contributed by atoms with van der Waals surface area (Å²) in [5.41, 5.74) is 0.919. The molecule has 0 aromatic heterocycles. The van der Waals surface area contributed by atoms with Gasteiger partial charge in [0.2, 0.25) is 0 Å². The second kappa shape index (κ2) is 7.02. The Morgan fingerprint density at radius 1 is 1.15 bits per heavy atom. The molecule has 0 aliphatic carbocycles. The van der Waals surface area contributed by atoms with Crippen molar-refractivity contribution in [3.8, 4) is 5.75 Å². The summed E-state index contributed by atoms with van der Waals surface area (Å²) < 4.78 is 13.3. The zero-order valence-electron chi connectivity index (χ0n) is 12.3. The van der Waals surface area contributed by atoms with Crippen LogP contribution in [0.4, 0.5) is 4.39 Å². The van der Waals surface area contributed by atoms with Crippen LogP contribution in [0.1, 0.15) is 5.56 Å². The third-order valence-electron chi connectivity index (χ3n) is 3.75. The topological polar surface area (TPSA) is 30.0 Å². The summed E-state index contributed by atoms with van der Waals surface area (Å²) in [6, 6.07) is 4.64. The minimum Gasteiger partial charge on any atom is -0.505 e. The number of phenolic OH excluding ortho intramolecular Hbond substituents is 1. The summed E-state index contributed by atoms with van der Waals surface area (Å²) in [4.78, 5) is 7.00. The van der Waals surface area contributed by atoms with E-state index in [0.717, 1.165) is 51.4 Å². The average molecular weight is 281 g/mol. The number of aromatic hydroxyl groups is 1. The van der Waals surface area contributed by atoms with E-state index >= 15 is 0 Å². The van der Waals surface area contributed by atoms with Crippen LogP contribution in [0.25, 0.3) is 0 Å². The Kier molecular flexibility index (Phi) is 5.34. The number of likely N-dealkylation sites (N-methyl/N-ethyl adjacent to an activating group) is 1. The minimum atomic E-state index is -0.535. The third kappa shape index (κ3) is 4.44. The van der Waals surface area contributed by atoms with Gasteiger partial charge in [-0.25, -0.2) is 4.39 Å². The van der Waals surface area contributed by atoms with Crippen molar-refractivity contribution in [2.24, 2.45) is 0 Å². The molecule has 1 aromatic rings. The third-order valence-corrected chi connectivity index (χ3v) is 3.75. The fourth-order valence-electron chi connectivity index (χ4n) is 2.42. The Morgan fingerprint density at radius 3 is 2.40 bits per heavy atom. The number of hydrogen-bond donors (Lipinski definition) is 1. The number of piperazine rings is 1. The standard InChI is InChI=1S/C15H24FN3O/c1-17(2)5-6-18-7-9-19(10-8-18)12-13-3-4-15(20)14(16)11-13/h3-4,11,20H,5-10,12H2,1-2H3. The number of halogens is 1. The van der Waals surface area contributed by atoms with E-state index in [4.69, 9.17) is 0 Å². The molecule has 0 atom stereocenters. The summed E-state index contributed by atoms with van der Waals surface area (Å²) >= 11 is 0. The molecule has 1 fully saturated rings. The predicted molar refractivity (Wildman–Crippen MR) is 78.3 cm³/mol. The molecule has 0 radical (unpaired) electrons. The average Bonchev–Trinajstić information content (AvgIpc) is 2.42. The molecule has 20 heavy (non-hydrogen) atoms. The maximum absolute atomic E-state index is 13.3. The Morgan fingerprint density at radius 2 is 1.80 bits per heavy atom. The first-order chi connectivity index (χ1) is 9.54. The number of rotatable bonds is 5. The summed E-state index contributed by atoms with van der Waals surface area (Å²) in [7, 11) is 4.19. The van der Waals surface area contributed by atoms with E-state index in [1.807, 2.05) is 0 Å². The van der Waals surface area contributed by atoms with Crippen molar-refractivity contribution in [3.05, 3.63) is 29.6 Å². The van der Waals surface area contributed by atoms with Gasteiger partial charge < -0.3 is 10.0 Å². The first-order valence-electron chi connectivity index (χ1n) is 7.11. The minimum absolute atomic E-state index is 0.276. The lowest BCUT2D eigenvalue weighted by molar-refractivity contribution is 0.120. The Labute approximate surface area is 120 Å². The van der Waals surface area contributed by atoms with Crippen LogP contribution in [0.15, 0.2) is 18.2 Å². The smallest absolute Gasteiger partial charge is 0.165 e. The highest BCUT2D eigenvalue weighted by molar-refractivity contribution is 5.27. The molecule has 4 nitrogen and oxygen atoms in total. The lowest BCUT2D eigenvalue weighted by Crippen LogP contribution is -2.47. The largest absolute Gasteiger partial charge is 0.505 e. The maximum Gasteiger partial charge on any atom is 0.165 e. The highest BCUT2D eigenvalue weighted by atomic mass is 19.1. The molecular weight excluding hydrogens is 257 g/mol. The highest BCUT2D eigenvalue weighted by Crippen LogP contribution is 2.17. The Balaban J connectivity index is 1.77. The molecule has 0 bridgehead atoms. The van der Waals surface area contributed by atoms with E-state index in [1.54, 1.807) is 6.07 Å². The summed E-state index contributed by atoms with van der Waals surface area (Å²) in [6.45, 7) is 7.09. The van der Waals surface area contributed by atoms with Crippen LogP contribution < -0.4 is 0 Å². The van der Waals surface area contributed by atoms with E-state index < -0.39 is 5.82 Å². The van der Waals surface area contributed by atoms with Gasteiger partial charge in [-0.15, -0.1) is 0 Å². The second-order valence-electron chi connectivity index (χ2n) is 5.71. The van der Waals surface area contributed by atoms with Gasteiger partial charge in [0.05, 0.1) is 0 Å². The van der Waals surface area contributed by atoms with Crippen molar-refractivity contribution in [3.63, 3.8) is 0 Å². The van der Waals surface area contributed by atoms with Crippen LogP contribution in [0.3, 0.4) is 0 Å². The molecule has 1 heterocycles. The van der Waals surface area contributed by atoms with Gasteiger partial charge in [-0.05, 0) is 31.8 Å². The molecule has 2 rings (SSSR count). The molecule has 1 saturated heterocycles. The molecule has 1 N–H and O–H groups in total. The Hall–Kier alpha value is -1.17. The lowest BCUT2D eigenvalue weighted by atomic mass is 10.2. The van der Waals surface area contributed by atoms with Crippen LogP contribution in [0.2, 0.25) is 0 Å². The van der Waals surface area contributed by atoms with E-state index in [1.165, 1.54) is 12.1 Å². The quantitative estimate of drug-likeness (QED) is 0.879. The van der Waals surface area contributed by atoms with E-state index in [2.05, 4.69) is 28.8 Å². The van der Waals surface area contributed by atoms with Gasteiger partial charge >= 0.3 is 0 Å². The van der Waals surface area contributed by atoms with Crippen LogP contribution in [0.5, 0.6) is 5.75 Å². The molecule has 5 heteroatoms. The van der Waals surface area contributed by atoms with E-state index in [-0.39, 0.29) is 5.75 Å². The van der Waals surface area contributed by atoms with Gasteiger partial charge in [0.15, 0.2) is 11.6 Å². The fraction of sp³-hybridized carbons (Fsp3) is 0.600. The normalized spacial score (nSPS) is 17.8. The number of nitrogens with zero attached hydrogens (tertiary/aromatic N) is 3. The van der Waals surface area contributed by atoms with E-state index in [9.17, 15) is 9.50 Å². The molecule has 0 amide bonds. The van der Waals surface area contributed by atoms with Gasteiger partial charge in [0, 0.05) is 45.8 Å². The van der Waals surface area contributed by atoms with Crippen LogP contribution in [-0.4, -0.2) is 73.2 Å². The summed E-state index contributed by atoms with van der Waals surface area (Å²) in [5, 5.41) is 9.19. The summed E-state index contributed by atoms with van der Waals surface area (Å²) in [6.07, 6.45) is 0. The van der Waals surface area contributed by atoms with Crippen molar-refractivity contribution < 1.29 is 9.50 Å². The lowest BCUT2D eigenvalue weighted by Gasteiger charge is -2.35. The molecule has 1 aliphatic rings. The number of hydrogen-bond acceptors (Lipinski definition) is 4. The molecule has 1 aromatic carbocycles. The zero-order chi connectivity index (χ0) is 14.5. The molecule has 0 spiro atoms. The first kappa shape index (κ1) is 15.2. The van der Waals surface area contributed by atoms with Crippen LogP contribution >= 0.6 is 0 Å². The zero-order valence-corrected chi connectivity index (χ0v) is 12.3. The van der Waals surface area contributed by atoms with Crippen molar-refractivity contribution >= 4 is 0 Å². The molecule has 112 valence electrons. The molecular formula is C15H24FN3O. The van der Waals surface area contributed by atoms with Crippen molar-refractivity contribution in [1.82, 2.24) is 14.7 Å². The fourth-order valence-corrected chi connectivity index (χ4v) is 2.42. The second-order valence-corrected chi connectivity index (χ2v) is 5.71. The van der Waals surface area contributed by atoms with E-state index in [0.29, 0.717) is 0 Å². The van der Waals surface area contributed by atoms with Gasteiger partial charge in [0.1, 0.15) is 0 Å². The molecule has 0 unspecified atom stereocenters. The van der Waals surface area contributed by atoms with Crippen LogP contribution in [0, 0.1) is 5.82 Å². The number of phenols is 1. The monoisotopic (exact) mass is 281 g/mol. The number of benzene rings is 1. The van der Waals surface area contributed by atoms with Crippen molar-refractivity contribution in [1.29, 1.82) is 0 Å². The van der Waals surface area contributed by atoms with Gasteiger partial charge in [-0.3, -0.25) is 9.80 Å². The van der Waals surface area contributed by atoms with Crippen molar-refractivity contribution in [2.75, 3.05) is 53.4 Å². The van der Waals surface area contributed by atoms with Gasteiger partial charge in [-0.2, -0.15) is 0 Å².